The molecule has 0 atom stereocenters. The van der Waals surface area contributed by atoms with Gasteiger partial charge in [-0.05, 0) is 54.1 Å². The van der Waals surface area contributed by atoms with Crippen LogP contribution in [0, 0.1) is 11.3 Å². The molecule has 3 rings (SSSR count). The molecule has 0 bridgehead atoms. The van der Waals surface area contributed by atoms with Crippen LogP contribution < -0.4 is 15.4 Å². The van der Waals surface area contributed by atoms with E-state index in [0.717, 1.165) is 5.56 Å². The van der Waals surface area contributed by atoms with Crippen molar-refractivity contribution in [2.75, 3.05) is 10.6 Å². The van der Waals surface area contributed by atoms with Crippen molar-refractivity contribution in [3.63, 3.8) is 0 Å². The number of halogens is 3. The van der Waals surface area contributed by atoms with Gasteiger partial charge in [0.05, 0.1) is 10.0 Å². The Morgan fingerprint density at radius 3 is 2.09 bits per heavy atom. The number of nitrogens with zero attached hydrogens (tertiary/aromatic N) is 1. The van der Waals surface area contributed by atoms with Gasteiger partial charge in [0.25, 0.3) is 5.91 Å². The second kappa shape index (κ2) is 11.6. The number of carbonyl (C=O) groups is 2. The fourth-order valence-electron chi connectivity index (χ4n) is 2.92. The van der Waals surface area contributed by atoms with Crippen LogP contribution in [0.5, 0.6) is 5.75 Å². The fraction of sp³-hybridized carbons (Fsp3) is 0.0800. The fourth-order valence-corrected chi connectivity index (χ4v) is 3.72. The first-order valence-corrected chi connectivity index (χ1v) is 11.1. The largest absolute Gasteiger partial charge is 0.486 e. The molecule has 3 aromatic carbocycles. The lowest BCUT2D eigenvalue weighted by Gasteiger charge is -2.12. The van der Waals surface area contributed by atoms with Crippen LogP contribution in [0.4, 0.5) is 11.4 Å². The summed E-state index contributed by atoms with van der Waals surface area (Å²) < 4.78 is 5.74. The topological polar surface area (TPSA) is 91.2 Å². The third-order valence-electron chi connectivity index (χ3n) is 4.49. The Morgan fingerprint density at radius 2 is 1.53 bits per heavy atom. The van der Waals surface area contributed by atoms with E-state index in [9.17, 15) is 14.9 Å². The Hall–Kier alpha value is -3.50. The predicted octanol–water partition coefficient (Wildman–Crippen LogP) is 6.73. The Bertz CT molecular complexity index is 1280. The molecule has 0 heterocycles. The molecule has 0 fully saturated rings. The zero-order valence-electron chi connectivity index (χ0n) is 17.9. The van der Waals surface area contributed by atoms with Crippen molar-refractivity contribution < 1.29 is 14.3 Å². The molecule has 0 aliphatic rings. The van der Waals surface area contributed by atoms with Crippen LogP contribution in [0.3, 0.4) is 0 Å². The number of hydrogen-bond donors (Lipinski definition) is 2. The van der Waals surface area contributed by atoms with Crippen molar-refractivity contribution in [2.45, 2.75) is 13.5 Å². The molecule has 0 saturated heterocycles. The van der Waals surface area contributed by atoms with Crippen molar-refractivity contribution >= 4 is 64.1 Å². The van der Waals surface area contributed by atoms with E-state index in [1.54, 1.807) is 42.5 Å². The number of anilines is 2. The van der Waals surface area contributed by atoms with E-state index in [1.807, 2.05) is 24.3 Å². The normalized spacial score (nSPS) is 10.9. The second-order valence-corrected chi connectivity index (χ2v) is 8.30. The van der Waals surface area contributed by atoms with Gasteiger partial charge < -0.3 is 15.4 Å². The molecule has 3 aromatic rings. The molecule has 2 amide bonds. The standard InChI is InChI=1S/C25H18Cl3N3O3/c1-15(32)30-19-6-8-20(9-7-19)31-25(33)18(13-29)10-16-11-22(27)24(23(28)12-16)34-14-17-4-2-3-5-21(17)26/h2-12H,14H2,1H3,(H,30,32)(H,31,33)/b18-10+. The average Bonchev–Trinajstić information content (AvgIpc) is 2.79. The predicted molar refractivity (Wildman–Crippen MR) is 135 cm³/mol. The molecule has 172 valence electrons. The van der Waals surface area contributed by atoms with Gasteiger partial charge in [0.2, 0.25) is 5.91 Å². The molecule has 2 N–H and O–H groups in total. The summed E-state index contributed by atoms with van der Waals surface area (Å²) in [6.45, 7) is 1.57. The summed E-state index contributed by atoms with van der Waals surface area (Å²) in [6.07, 6.45) is 1.37. The van der Waals surface area contributed by atoms with Crippen LogP contribution in [-0.4, -0.2) is 11.8 Å². The molecule has 0 aliphatic carbocycles. The molecule has 9 heteroatoms. The van der Waals surface area contributed by atoms with Crippen LogP contribution >= 0.6 is 34.8 Å². The quantitative estimate of drug-likeness (QED) is 0.270. The van der Waals surface area contributed by atoms with Gasteiger partial charge in [-0.1, -0.05) is 53.0 Å². The average molecular weight is 515 g/mol. The maximum atomic E-state index is 12.6. The Morgan fingerprint density at radius 1 is 0.941 bits per heavy atom. The first kappa shape index (κ1) is 25.1. The summed E-state index contributed by atoms with van der Waals surface area (Å²) in [7, 11) is 0. The highest BCUT2D eigenvalue weighted by Crippen LogP contribution is 2.36. The van der Waals surface area contributed by atoms with Gasteiger partial charge in [0, 0.05) is 28.9 Å². The van der Waals surface area contributed by atoms with Gasteiger partial charge in [-0.15, -0.1) is 0 Å². The third kappa shape index (κ3) is 6.75. The Labute approximate surface area is 211 Å². The van der Waals surface area contributed by atoms with E-state index in [-0.39, 0.29) is 33.9 Å². The highest BCUT2D eigenvalue weighted by Gasteiger charge is 2.14. The summed E-state index contributed by atoms with van der Waals surface area (Å²) in [4.78, 5) is 23.7. The van der Waals surface area contributed by atoms with Gasteiger partial charge in [0.1, 0.15) is 18.2 Å². The SMILES string of the molecule is CC(=O)Nc1ccc(NC(=O)/C(C#N)=C/c2cc(Cl)c(OCc3ccccc3Cl)c(Cl)c2)cc1. The minimum absolute atomic E-state index is 0.150. The number of rotatable bonds is 7. The summed E-state index contributed by atoms with van der Waals surface area (Å²) in [5.74, 6) is -0.548. The highest BCUT2D eigenvalue weighted by molar-refractivity contribution is 6.37. The van der Waals surface area contributed by atoms with Crippen LogP contribution in [0.2, 0.25) is 15.1 Å². The van der Waals surface area contributed by atoms with Gasteiger partial charge in [-0.25, -0.2) is 0 Å². The summed E-state index contributed by atoms with van der Waals surface area (Å²) in [5.41, 5.74) is 2.12. The molecular weight excluding hydrogens is 497 g/mol. The molecule has 0 spiro atoms. The molecule has 0 saturated carbocycles. The van der Waals surface area contributed by atoms with Crippen LogP contribution in [-0.2, 0) is 16.2 Å². The monoisotopic (exact) mass is 513 g/mol. The first-order chi connectivity index (χ1) is 16.3. The van der Waals surface area contributed by atoms with Crippen LogP contribution in [0.15, 0.2) is 66.2 Å². The minimum Gasteiger partial charge on any atom is -0.486 e. The molecule has 0 aromatic heterocycles. The Balaban J connectivity index is 1.73. The third-order valence-corrected chi connectivity index (χ3v) is 5.42. The van der Waals surface area contributed by atoms with E-state index in [0.29, 0.717) is 22.0 Å². The van der Waals surface area contributed by atoms with E-state index >= 15 is 0 Å². The molecule has 6 nitrogen and oxygen atoms in total. The smallest absolute Gasteiger partial charge is 0.266 e. The number of hydrogen-bond acceptors (Lipinski definition) is 4. The van der Waals surface area contributed by atoms with Gasteiger partial charge >= 0.3 is 0 Å². The number of carbonyl (C=O) groups excluding carboxylic acids is 2. The highest BCUT2D eigenvalue weighted by atomic mass is 35.5. The molecular formula is C25H18Cl3N3O3. The lowest BCUT2D eigenvalue weighted by atomic mass is 10.1. The number of nitriles is 1. The van der Waals surface area contributed by atoms with E-state index in [4.69, 9.17) is 39.5 Å². The number of nitrogens with one attached hydrogen (secondary N) is 2. The number of ether oxygens (including phenoxy) is 1. The van der Waals surface area contributed by atoms with Gasteiger partial charge in [0.15, 0.2) is 5.75 Å². The molecule has 0 unspecified atom stereocenters. The van der Waals surface area contributed by atoms with Crippen molar-refractivity contribution in [3.8, 4) is 11.8 Å². The van der Waals surface area contributed by atoms with Crippen molar-refractivity contribution in [1.29, 1.82) is 5.26 Å². The van der Waals surface area contributed by atoms with Crippen LogP contribution in [0.25, 0.3) is 6.08 Å². The zero-order valence-corrected chi connectivity index (χ0v) is 20.1. The van der Waals surface area contributed by atoms with E-state index in [1.165, 1.54) is 13.0 Å². The first-order valence-electron chi connectivity index (χ1n) is 9.93. The van der Waals surface area contributed by atoms with E-state index in [2.05, 4.69) is 10.6 Å². The lowest BCUT2D eigenvalue weighted by molar-refractivity contribution is -0.114. The van der Waals surface area contributed by atoms with Crippen molar-refractivity contribution in [3.05, 3.63) is 92.4 Å². The second-order valence-electron chi connectivity index (χ2n) is 7.08. The maximum Gasteiger partial charge on any atom is 0.266 e. The van der Waals surface area contributed by atoms with E-state index < -0.39 is 5.91 Å². The van der Waals surface area contributed by atoms with Crippen molar-refractivity contribution in [2.24, 2.45) is 0 Å². The molecule has 0 aliphatic heterocycles. The summed E-state index contributed by atoms with van der Waals surface area (Å²) in [5, 5.41) is 15.7. The van der Waals surface area contributed by atoms with Crippen molar-refractivity contribution in [1.82, 2.24) is 0 Å². The Kier molecular flexibility index (Phi) is 8.55. The lowest BCUT2D eigenvalue weighted by Crippen LogP contribution is -2.13. The summed E-state index contributed by atoms with van der Waals surface area (Å²) in [6, 6.07) is 18.7. The molecule has 34 heavy (non-hydrogen) atoms. The summed E-state index contributed by atoms with van der Waals surface area (Å²) >= 11 is 18.8. The van der Waals surface area contributed by atoms with Gasteiger partial charge in [-0.3, -0.25) is 9.59 Å². The zero-order chi connectivity index (χ0) is 24.7. The molecule has 0 radical (unpaired) electrons. The minimum atomic E-state index is -0.610. The number of amides is 2. The van der Waals surface area contributed by atoms with Gasteiger partial charge in [-0.2, -0.15) is 5.26 Å². The number of benzene rings is 3. The van der Waals surface area contributed by atoms with Crippen LogP contribution in [0.1, 0.15) is 18.1 Å². The maximum absolute atomic E-state index is 12.6.